The molecule has 0 radical (unpaired) electrons. The Kier molecular flexibility index (Phi) is 9.39. The van der Waals surface area contributed by atoms with Crippen LogP contribution in [0.5, 0.6) is 23.0 Å². The van der Waals surface area contributed by atoms with Gasteiger partial charge in [-0.05, 0) is 131 Å². The summed E-state index contributed by atoms with van der Waals surface area (Å²) in [5.41, 5.74) is 6.57. The van der Waals surface area contributed by atoms with Crippen LogP contribution in [0, 0.1) is 0 Å². The molecule has 0 saturated carbocycles. The van der Waals surface area contributed by atoms with Crippen molar-refractivity contribution in [2.24, 2.45) is 0 Å². The van der Waals surface area contributed by atoms with E-state index in [1.807, 2.05) is 60.7 Å². The Bertz CT molecular complexity index is 1810. The molecule has 6 heteroatoms. The first-order valence-corrected chi connectivity index (χ1v) is 15.4. The fourth-order valence-electron chi connectivity index (χ4n) is 5.24. The molecule has 6 aromatic carbocycles. The number of halogens is 2. The van der Waals surface area contributed by atoms with Crippen LogP contribution in [0.25, 0.3) is 33.0 Å². The first kappa shape index (κ1) is 30.2. The van der Waals surface area contributed by atoms with Crippen molar-refractivity contribution in [3.05, 3.63) is 141 Å². The molecule has 0 fully saturated rings. The van der Waals surface area contributed by atoms with Crippen LogP contribution < -0.4 is 0 Å². The predicted octanol–water partition coefficient (Wildman–Crippen LogP) is 10.7. The first-order chi connectivity index (χ1) is 20.7. The molecule has 43 heavy (non-hydrogen) atoms. The van der Waals surface area contributed by atoms with Gasteiger partial charge in [0.1, 0.15) is 23.0 Å². The average molecular weight is 698 g/mol. The molecular formula is C37H30Br2O4. The topological polar surface area (TPSA) is 80.9 Å². The smallest absolute Gasteiger partial charge is 0.129 e. The molecule has 0 unspecified atom stereocenters. The Morgan fingerprint density at radius 2 is 1.07 bits per heavy atom. The van der Waals surface area contributed by atoms with Gasteiger partial charge in [-0.25, -0.2) is 0 Å². The number of aromatic hydroxyl groups is 4. The highest BCUT2D eigenvalue weighted by molar-refractivity contribution is 9.10. The van der Waals surface area contributed by atoms with Crippen molar-refractivity contribution >= 4 is 42.6 Å². The molecule has 4 nitrogen and oxygen atoms in total. The van der Waals surface area contributed by atoms with Gasteiger partial charge in [0.05, 0.1) is 8.95 Å². The molecule has 0 aliphatic carbocycles. The van der Waals surface area contributed by atoms with Crippen LogP contribution in [0.1, 0.15) is 30.4 Å². The molecule has 6 rings (SSSR count). The maximum Gasteiger partial charge on any atom is 0.129 e. The molecular weight excluding hydrogens is 668 g/mol. The van der Waals surface area contributed by atoms with Crippen LogP contribution in [0.2, 0.25) is 0 Å². The Balaban J connectivity index is 0.000000177. The molecule has 216 valence electrons. The molecule has 0 heterocycles. The minimum atomic E-state index is 0.230. The number of fused-ring (bicyclic) bond motifs is 1. The zero-order chi connectivity index (χ0) is 30.5. The van der Waals surface area contributed by atoms with Gasteiger partial charge in [0.25, 0.3) is 0 Å². The quantitative estimate of drug-likeness (QED) is 0.145. The molecule has 0 aliphatic rings. The van der Waals surface area contributed by atoms with Gasteiger partial charge in [-0.3, -0.25) is 0 Å². The number of benzene rings is 6. The van der Waals surface area contributed by atoms with E-state index in [0.717, 1.165) is 45.2 Å². The molecule has 4 N–H and O–H groups in total. The lowest BCUT2D eigenvalue weighted by Gasteiger charge is -2.17. The maximum absolute atomic E-state index is 9.61. The van der Waals surface area contributed by atoms with E-state index in [4.69, 9.17) is 0 Å². The van der Waals surface area contributed by atoms with Gasteiger partial charge in [0.15, 0.2) is 0 Å². The van der Waals surface area contributed by atoms with Gasteiger partial charge < -0.3 is 20.4 Å². The van der Waals surface area contributed by atoms with Gasteiger partial charge in [-0.15, -0.1) is 0 Å². The molecule has 6 aromatic rings. The summed E-state index contributed by atoms with van der Waals surface area (Å²) in [6, 6.07) is 38.1. The van der Waals surface area contributed by atoms with Crippen LogP contribution in [0.4, 0.5) is 0 Å². The van der Waals surface area contributed by atoms with E-state index < -0.39 is 0 Å². The SMILES string of the molecule is CCC(c1ccc(O)c(Br)c1)c1ccc(O)c(Br)c1.Oc1ccc(-c2ccc3ccccc3c2-c2ccc(O)cc2)cc1. The van der Waals surface area contributed by atoms with E-state index in [1.54, 1.807) is 36.4 Å². The summed E-state index contributed by atoms with van der Waals surface area (Å²) in [7, 11) is 0. The van der Waals surface area contributed by atoms with Gasteiger partial charge in [0, 0.05) is 5.92 Å². The minimum Gasteiger partial charge on any atom is -0.508 e. The molecule has 0 aromatic heterocycles. The monoisotopic (exact) mass is 696 g/mol. The van der Waals surface area contributed by atoms with Crippen LogP contribution in [-0.4, -0.2) is 20.4 Å². The Hall–Kier alpha value is -4.26. The Morgan fingerprint density at radius 1 is 0.558 bits per heavy atom. The second kappa shape index (κ2) is 13.4. The third-order valence-corrected chi connectivity index (χ3v) is 8.69. The minimum absolute atomic E-state index is 0.230. The van der Waals surface area contributed by atoms with Crippen molar-refractivity contribution in [3.63, 3.8) is 0 Å². The summed E-state index contributed by atoms with van der Waals surface area (Å²) in [4.78, 5) is 0. The van der Waals surface area contributed by atoms with E-state index in [0.29, 0.717) is 8.95 Å². The van der Waals surface area contributed by atoms with Gasteiger partial charge in [-0.1, -0.05) is 79.7 Å². The normalized spacial score (nSPS) is 10.9. The third kappa shape index (κ3) is 6.87. The molecule has 0 bridgehead atoms. The van der Waals surface area contributed by atoms with E-state index in [-0.39, 0.29) is 28.9 Å². The number of phenols is 4. The number of hydrogen-bond donors (Lipinski definition) is 4. The van der Waals surface area contributed by atoms with E-state index >= 15 is 0 Å². The number of hydrogen-bond acceptors (Lipinski definition) is 4. The van der Waals surface area contributed by atoms with Crippen LogP contribution >= 0.6 is 31.9 Å². The second-order valence-electron chi connectivity index (χ2n) is 10.2. The molecule has 0 amide bonds. The third-order valence-electron chi connectivity index (χ3n) is 7.42. The molecule has 0 aliphatic heterocycles. The highest BCUT2D eigenvalue weighted by atomic mass is 79.9. The average Bonchev–Trinajstić information content (AvgIpc) is 3.02. The standard InChI is InChI=1S/C22H16O2.C15H14Br2O2/c23-18-10-5-16(6-11-18)21-14-9-15-3-1-2-4-20(15)22(21)17-7-12-19(24)13-8-17;1-2-11(9-3-5-14(18)12(16)7-9)10-4-6-15(19)13(17)8-10/h1-14,23-24H;3-8,11,18-19H,2H2,1H3. The van der Waals surface area contributed by atoms with Gasteiger partial charge >= 0.3 is 0 Å². The summed E-state index contributed by atoms with van der Waals surface area (Å²) < 4.78 is 1.39. The zero-order valence-corrected chi connectivity index (χ0v) is 26.5. The second-order valence-corrected chi connectivity index (χ2v) is 11.9. The number of rotatable bonds is 5. The van der Waals surface area contributed by atoms with Crippen molar-refractivity contribution in [1.82, 2.24) is 0 Å². The van der Waals surface area contributed by atoms with Gasteiger partial charge in [-0.2, -0.15) is 0 Å². The summed E-state index contributed by atoms with van der Waals surface area (Å²) in [6.45, 7) is 2.12. The predicted molar refractivity (Wildman–Crippen MR) is 182 cm³/mol. The van der Waals surface area contributed by atoms with Crippen molar-refractivity contribution in [2.75, 3.05) is 0 Å². The largest absolute Gasteiger partial charge is 0.508 e. The van der Waals surface area contributed by atoms with Gasteiger partial charge in [0.2, 0.25) is 0 Å². The van der Waals surface area contributed by atoms with E-state index in [1.165, 1.54) is 5.39 Å². The lowest BCUT2D eigenvalue weighted by atomic mass is 9.89. The number of phenolic OH excluding ortho intramolecular Hbond substituents is 4. The van der Waals surface area contributed by atoms with Crippen LogP contribution in [0.15, 0.2) is 130 Å². The summed E-state index contributed by atoms with van der Waals surface area (Å²) in [5, 5.41) is 40.6. The molecule has 0 spiro atoms. The molecule has 0 atom stereocenters. The van der Waals surface area contributed by atoms with Crippen molar-refractivity contribution in [3.8, 4) is 45.3 Å². The van der Waals surface area contributed by atoms with Crippen molar-refractivity contribution in [2.45, 2.75) is 19.3 Å². The van der Waals surface area contributed by atoms with Crippen LogP contribution in [0.3, 0.4) is 0 Å². The fraction of sp³-hybridized carbons (Fsp3) is 0.0811. The zero-order valence-electron chi connectivity index (χ0n) is 23.4. The van der Waals surface area contributed by atoms with Crippen molar-refractivity contribution < 1.29 is 20.4 Å². The Labute approximate surface area is 267 Å². The van der Waals surface area contributed by atoms with Crippen molar-refractivity contribution in [1.29, 1.82) is 0 Å². The fourth-order valence-corrected chi connectivity index (χ4v) is 6.03. The maximum atomic E-state index is 9.61. The van der Waals surface area contributed by atoms with E-state index in [9.17, 15) is 20.4 Å². The Morgan fingerprint density at radius 3 is 1.58 bits per heavy atom. The lowest BCUT2D eigenvalue weighted by Crippen LogP contribution is -1.99. The summed E-state index contributed by atoms with van der Waals surface area (Å²) in [6.07, 6.45) is 0.939. The summed E-state index contributed by atoms with van der Waals surface area (Å²) in [5.74, 6) is 1.22. The molecule has 0 saturated heterocycles. The first-order valence-electron chi connectivity index (χ1n) is 13.8. The highest BCUT2D eigenvalue weighted by Crippen LogP contribution is 2.39. The highest BCUT2D eigenvalue weighted by Gasteiger charge is 2.15. The summed E-state index contributed by atoms with van der Waals surface area (Å²) >= 11 is 6.69. The van der Waals surface area contributed by atoms with Crippen LogP contribution in [-0.2, 0) is 0 Å². The lowest BCUT2D eigenvalue weighted by molar-refractivity contribution is 0.471. The van der Waals surface area contributed by atoms with E-state index in [2.05, 4.69) is 63.0 Å².